The molecule has 0 aromatic heterocycles. The lowest BCUT2D eigenvalue weighted by Crippen LogP contribution is -2.30. The summed E-state index contributed by atoms with van der Waals surface area (Å²) in [6, 6.07) is 1.32. The summed E-state index contributed by atoms with van der Waals surface area (Å²) in [7, 11) is -1.41. The lowest BCUT2D eigenvalue weighted by molar-refractivity contribution is 0.349. The van der Waals surface area contributed by atoms with Crippen molar-refractivity contribution in [2.75, 3.05) is 6.61 Å². The Morgan fingerprint density at radius 1 is 0.810 bits per heavy atom. The summed E-state index contributed by atoms with van der Waals surface area (Å²) in [6.07, 6.45) is 16.4. The molecule has 2 heteroatoms. The zero-order valence-corrected chi connectivity index (χ0v) is 16.5. The second-order valence-electron chi connectivity index (χ2n) is 7.28. The van der Waals surface area contributed by atoms with Crippen molar-refractivity contribution >= 4 is 8.32 Å². The van der Waals surface area contributed by atoms with Gasteiger partial charge in [-0.15, -0.1) is 0 Å². The molecule has 0 unspecified atom stereocenters. The minimum Gasteiger partial charge on any atom is -0.414 e. The minimum atomic E-state index is -1.41. The summed E-state index contributed by atoms with van der Waals surface area (Å²) >= 11 is 0. The Morgan fingerprint density at radius 2 is 1.29 bits per heavy atom. The topological polar surface area (TPSA) is 9.23 Å². The SMILES string of the molecule is CCCCCCCCCCCC[Si](C)(C)OCC=C(C)C. The maximum absolute atomic E-state index is 6.09. The van der Waals surface area contributed by atoms with Crippen LogP contribution in [0.4, 0.5) is 0 Å². The average molecular weight is 313 g/mol. The third-order valence-corrected chi connectivity index (χ3v) is 6.60. The van der Waals surface area contributed by atoms with Crippen molar-refractivity contribution in [3.8, 4) is 0 Å². The fraction of sp³-hybridized carbons (Fsp3) is 0.895. The van der Waals surface area contributed by atoms with Crippen molar-refractivity contribution in [2.24, 2.45) is 0 Å². The van der Waals surface area contributed by atoms with E-state index in [1.807, 2.05) is 0 Å². The summed E-state index contributed by atoms with van der Waals surface area (Å²) in [6.45, 7) is 12.1. The van der Waals surface area contributed by atoms with E-state index in [-0.39, 0.29) is 0 Å². The highest BCUT2D eigenvalue weighted by molar-refractivity contribution is 6.71. The summed E-state index contributed by atoms with van der Waals surface area (Å²) in [4.78, 5) is 0. The molecule has 0 heterocycles. The van der Waals surface area contributed by atoms with Crippen LogP contribution in [0.2, 0.25) is 19.1 Å². The van der Waals surface area contributed by atoms with Gasteiger partial charge in [-0.3, -0.25) is 0 Å². The Hall–Kier alpha value is -0.0831. The van der Waals surface area contributed by atoms with Crippen molar-refractivity contribution in [1.29, 1.82) is 0 Å². The van der Waals surface area contributed by atoms with E-state index < -0.39 is 8.32 Å². The van der Waals surface area contributed by atoms with Gasteiger partial charge in [0.25, 0.3) is 0 Å². The lowest BCUT2D eigenvalue weighted by Gasteiger charge is -2.22. The van der Waals surface area contributed by atoms with E-state index in [0.29, 0.717) is 0 Å². The molecule has 0 bridgehead atoms. The molecule has 0 saturated carbocycles. The molecule has 0 aliphatic rings. The van der Waals surface area contributed by atoms with Crippen LogP contribution in [-0.2, 0) is 4.43 Å². The molecule has 0 atom stereocenters. The number of hydrogen-bond acceptors (Lipinski definition) is 1. The predicted molar refractivity (Wildman–Crippen MR) is 99.5 cm³/mol. The van der Waals surface area contributed by atoms with Crippen molar-refractivity contribution in [2.45, 2.75) is 104 Å². The molecule has 21 heavy (non-hydrogen) atoms. The minimum absolute atomic E-state index is 0.819. The van der Waals surface area contributed by atoms with Crippen molar-refractivity contribution in [3.05, 3.63) is 11.6 Å². The molecule has 126 valence electrons. The van der Waals surface area contributed by atoms with Gasteiger partial charge in [0.15, 0.2) is 8.32 Å². The number of hydrogen-bond donors (Lipinski definition) is 0. The van der Waals surface area contributed by atoms with Gasteiger partial charge in [-0.2, -0.15) is 0 Å². The van der Waals surface area contributed by atoms with Gasteiger partial charge in [-0.05, 0) is 33.0 Å². The fourth-order valence-corrected chi connectivity index (χ4v) is 4.32. The van der Waals surface area contributed by atoms with Crippen molar-refractivity contribution in [1.82, 2.24) is 0 Å². The zero-order valence-electron chi connectivity index (χ0n) is 15.5. The van der Waals surface area contributed by atoms with Crippen LogP contribution in [0.3, 0.4) is 0 Å². The van der Waals surface area contributed by atoms with E-state index in [9.17, 15) is 0 Å². The van der Waals surface area contributed by atoms with Gasteiger partial charge < -0.3 is 4.43 Å². The molecule has 0 spiro atoms. The van der Waals surface area contributed by atoms with E-state index in [4.69, 9.17) is 4.43 Å². The highest BCUT2D eigenvalue weighted by Gasteiger charge is 2.20. The Labute approximate surface area is 135 Å². The smallest absolute Gasteiger partial charge is 0.187 e. The number of allylic oxidation sites excluding steroid dienone is 1. The summed E-state index contributed by atoms with van der Waals surface area (Å²) in [5.74, 6) is 0. The second kappa shape index (κ2) is 13.6. The average Bonchev–Trinajstić information content (AvgIpc) is 2.40. The maximum atomic E-state index is 6.09. The van der Waals surface area contributed by atoms with Gasteiger partial charge in [-0.1, -0.05) is 82.8 Å². The molecule has 0 aliphatic carbocycles. The predicted octanol–water partition coefficient (Wildman–Crippen LogP) is 7.10. The van der Waals surface area contributed by atoms with E-state index in [1.54, 1.807) is 0 Å². The third-order valence-electron chi connectivity index (χ3n) is 4.10. The molecule has 0 rings (SSSR count). The highest BCUT2D eigenvalue weighted by Crippen LogP contribution is 2.18. The Morgan fingerprint density at radius 3 is 1.76 bits per heavy atom. The highest BCUT2D eigenvalue weighted by atomic mass is 28.4. The van der Waals surface area contributed by atoms with E-state index in [1.165, 1.54) is 75.8 Å². The summed E-state index contributed by atoms with van der Waals surface area (Å²) in [5.41, 5.74) is 1.36. The Kier molecular flexibility index (Phi) is 13.5. The van der Waals surface area contributed by atoms with Gasteiger partial charge >= 0.3 is 0 Å². The van der Waals surface area contributed by atoms with Crippen LogP contribution < -0.4 is 0 Å². The molecule has 0 radical (unpaired) electrons. The molecule has 0 amide bonds. The van der Waals surface area contributed by atoms with Gasteiger partial charge in [-0.25, -0.2) is 0 Å². The molecule has 0 N–H and O–H groups in total. The first kappa shape index (κ1) is 20.9. The molecule has 0 saturated heterocycles. The van der Waals surface area contributed by atoms with Gasteiger partial charge in [0.1, 0.15) is 0 Å². The van der Waals surface area contributed by atoms with E-state index in [2.05, 4.69) is 39.9 Å². The van der Waals surface area contributed by atoms with Gasteiger partial charge in [0.2, 0.25) is 0 Å². The van der Waals surface area contributed by atoms with E-state index in [0.717, 1.165) is 6.61 Å². The zero-order chi connectivity index (χ0) is 16.0. The maximum Gasteiger partial charge on any atom is 0.187 e. The van der Waals surface area contributed by atoms with Crippen molar-refractivity contribution < 1.29 is 4.43 Å². The largest absolute Gasteiger partial charge is 0.414 e. The molecule has 0 aromatic rings. The van der Waals surface area contributed by atoms with Crippen LogP contribution in [0.25, 0.3) is 0 Å². The summed E-state index contributed by atoms with van der Waals surface area (Å²) < 4.78 is 6.09. The monoisotopic (exact) mass is 312 g/mol. The molecule has 0 aromatic carbocycles. The summed E-state index contributed by atoms with van der Waals surface area (Å²) in [5, 5.41) is 0. The van der Waals surface area contributed by atoms with Crippen LogP contribution in [0, 0.1) is 0 Å². The second-order valence-corrected chi connectivity index (χ2v) is 11.6. The van der Waals surface area contributed by atoms with Gasteiger partial charge in [0, 0.05) is 0 Å². The normalized spacial score (nSPS) is 11.7. The fourth-order valence-electron chi connectivity index (χ4n) is 2.54. The molecular formula is C19H40OSi. The Bertz CT molecular complexity index is 254. The molecule has 0 fully saturated rings. The molecular weight excluding hydrogens is 272 g/mol. The standard InChI is InChI=1S/C19H40OSi/c1-6-7-8-9-10-11-12-13-14-15-18-21(4,5)20-17-16-19(2)3/h16H,6-15,17-18H2,1-5H3. The van der Waals surface area contributed by atoms with Crippen LogP contribution in [0.1, 0.15) is 85.0 Å². The first-order valence-electron chi connectivity index (χ1n) is 9.25. The van der Waals surface area contributed by atoms with Crippen LogP contribution in [0.15, 0.2) is 11.6 Å². The molecule has 1 nitrogen and oxygen atoms in total. The van der Waals surface area contributed by atoms with E-state index >= 15 is 0 Å². The lowest BCUT2D eigenvalue weighted by atomic mass is 10.1. The van der Waals surface area contributed by atoms with Crippen LogP contribution >= 0.6 is 0 Å². The van der Waals surface area contributed by atoms with Gasteiger partial charge in [0.05, 0.1) is 6.61 Å². The van der Waals surface area contributed by atoms with Crippen LogP contribution in [-0.4, -0.2) is 14.9 Å². The molecule has 0 aliphatic heterocycles. The van der Waals surface area contributed by atoms with Crippen LogP contribution in [0.5, 0.6) is 0 Å². The third kappa shape index (κ3) is 16.1. The quantitative estimate of drug-likeness (QED) is 0.189. The number of rotatable bonds is 14. The Balaban J connectivity index is 3.38. The first-order chi connectivity index (χ1) is 9.98. The van der Waals surface area contributed by atoms with Crippen molar-refractivity contribution in [3.63, 3.8) is 0 Å². The first-order valence-corrected chi connectivity index (χ1v) is 12.4. The number of unbranched alkanes of at least 4 members (excludes halogenated alkanes) is 9.